The highest BCUT2D eigenvalue weighted by Crippen LogP contribution is 2.21. The molecule has 81 valence electrons. The Kier molecular flexibility index (Phi) is 2.47. The maximum Gasteiger partial charge on any atom is 0.137 e. The van der Waals surface area contributed by atoms with E-state index in [2.05, 4.69) is 28.2 Å². The summed E-state index contributed by atoms with van der Waals surface area (Å²) in [5.74, 6) is 0.887. The van der Waals surface area contributed by atoms with Gasteiger partial charge in [-0.2, -0.15) is 0 Å². The molecule has 3 aromatic rings. The fourth-order valence-electron chi connectivity index (χ4n) is 1.78. The third-order valence-corrected chi connectivity index (χ3v) is 2.65. The van der Waals surface area contributed by atoms with Gasteiger partial charge in [-0.15, -0.1) is 0 Å². The molecule has 0 aliphatic rings. The Morgan fingerprint density at radius 2 is 1.65 bits per heavy atom. The minimum atomic E-state index is 0.887. The van der Waals surface area contributed by atoms with Crippen LogP contribution in [0.25, 0.3) is 22.6 Å². The van der Waals surface area contributed by atoms with Crippen LogP contribution in [0.3, 0.4) is 0 Å². The van der Waals surface area contributed by atoms with E-state index in [9.17, 15) is 0 Å². The van der Waals surface area contributed by atoms with Gasteiger partial charge in [-0.25, -0.2) is 4.98 Å². The lowest BCUT2D eigenvalue weighted by molar-refractivity contribution is 1.31. The lowest BCUT2D eigenvalue weighted by atomic mass is 10.2. The van der Waals surface area contributed by atoms with Gasteiger partial charge in [0.25, 0.3) is 0 Å². The summed E-state index contributed by atoms with van der Waals surface area (Å²) >= 11 is 0. The summed E-state index contributed by atoms with van der Waals surface area (Å²) < 4.78 is 0. The van der Waals surface area contributed by atoms with Gasteiger partial charge in [-0.3, -0.25) is 0 Å². The molecule has 0 aliphatic carbocycles. The second kappa shape index (κ2) is 4.26. The van der Waals surface area contributed by atoms with E-state index >= 15 is 0 Å². The number of nitrogens with one attached hydrogen (secondary N) is 1. The van der Waals surface area contributed by atoms with E-state index in [-0.39, 0.29) is 0 Å². The summed E-state index contributed by atoms with van der Waals surface area (Å²) in [6.07, 6.45) is 1.86. The van der Waals surface area contributed by atoms with Crippen LogP contribution >= 0.6 is 0 Å². The summed E-state index contributed by atoms with van der Waals surface area (Å²) in [5, 5.41) is 0. The van der Waals surface area contributed by atoms with Crippen LogP contribution in [0.15, 0.2) is 60.8 Å². The fourth-order valence-corrected chi connectivity index (χ4v) is 1.78. The van der Waals surface area contributed by atoms with Gasteiger partial charge in [0.2, 0.25) is 0 Å². The number of imidazole rings is 1. The highest BCUT2D eigenvalue weighted by atomic mass is 14.9. The minimum Gasteiger partial charge on any atom is -0.338 e. The molecule has 1 aromatic heterocycles. The Bertz CT molecular complexity index is 543. The zero-order chi connectivity index (χ0) is 11.5. The van der Waals surface area contributed by atoms with Crippen molar-refractivity contribution in [3.63, 3.8) is 0 Å². The average Bonchev–Trinajstić information content (AvgIpc) is 2.90. The smallest absolute Gasteiger partial charge is 0.137 e. The molecule has 1 radical (unpaired) electrons. The topological polar surface area (TPSA) is 28.7 Å². The predicted octanol–water partition coefficient (Wildman–Crippen LogP) is 3.54. The van der Waals surface area contributed by atoms with Crippen molar-refractivity contribution in [1.29, 1.82) is 0 Å². The van der Waals surface area contributed by atoms with Crippen LogP contribution in [0.1, 0.15) is 0 Å². The van der Waals surface area contributed by atoms with Crippen molar-refractivity contribution in [2.24, 2.45) is 0 Å². The van der Waals surface area contributed by atoms with Gasteiger partial charge in [0.1, 0.15) is 5.82 Å². The zero-order valence-corrected chi connectivity index (χ0v) is 9.22. The van der Waals surface area contributed by atoms with Gasteiger partial charge in [0.15, 0.2) is 0 Å². The molecule has 2 heteroatoms. The van der Waals surface area contributed by atoms with Crippen LogP contribution < -0.4 is 0 Å². The quantitative estimate of drug-likeness (QED) is 0.701. The molecule has 1 N–H and O–H groups in total. The number of hydrogen-bond donors (Lipinski definition) is 1. The second-order valence-electron chi connectivity index (χ2n) is 3.80. The zero-order valence-electron chi connectivity index (χ0n) is 9.22. The molecule has 2 nitrogen and oxygen atoms in total. The number of aromatic amines is 1. The van der Waals surface area contributed by atoms with E-state index in [0.717, 1.165) is 22.6 Å². The molecule has 17 heavy (non-hydrogen) atoms. The van der Waals surface area contributed by atoms with E-state index in [4.69, 9.17) is 0 Å². The van der Waals surface area contributed by atoms with E-state index in [1.807, 2.05) is 48.7 Å². The van der Waals surface area contributed by atoms with Crippen LogP contribution in [-0.4, -0.2) is 9.97 Å². The number of rotatable bonds is 2. The van der Waals surface area contributed by atoms with Crippen molar-refractivity contribution in [2.75, 3.05) is 0 Å². The normalized spacial score (nSPS) is 10.4. The maximum atomic E-state index is 4.39. The molecule has 0 saturated carbocycles. The lowest BCUT2D eigenvalue weighted by Gasteiger charge is -1.97. The molecular formula is C15H11N2. The minimum absolute atomic E-state index is 0.887. The summed E-state index contributed by atoms with van der Waals surface area (Å²) in [6, 6.07) is 20.9. The standard InChI is InChI=1S/C15H11N2/c1-3-7-12(8-4-1)14-11-16-15(17-14)13-9-5-2-6-10-13/h1,3-11H,(H,16,17). The van der Waals surface area contributed by atoms with Gasteiger partial charge in [0, 0.05) is 5.56 Å². The van der Waals surface area contributed by atoms with E-state index in [1.54, 1.807) is 0 Å². The lowest BCUT2D eigenvalue weighted by Crippen LogP contribution is -1.80. The molecule has 3 rings (SSSR count). The highest BCUT2D eigenvalue weighted by molar-refractivity contribution is 5.64. The first-order valence-corrected chi connectivity index (χ1v) is 5.50. The molecular weight excluding hydrogens is 208 g/mol. The Morgan fingerprint density at radius 1 is 0.882 bits per heavy atom. The van der Waals surface area contributed by atoms with Crippen LogP contribution in [0.2, 0.25) is 0 Å². The van der Waals surface area contributed by atoms with Crippen molar-refractivity contribution < 1.29 is 0 Å². The summed E-state index contributed by atoms with van der Waals surface area (Å²) in [6.45, 7) is 0. The Morgan fingerprint density at radius 3 is 2.41 bits per heavy atom. The van der Waals surface area contributed by atoms with E-state index < -0.39 is 0 Å². The van der Waals surface area contributed by atoms with Crippen molar-refractivity contribution in [3.8, 4) is 22.6 Å². The van der Waals surface area contributed by atoms with Gasteiger partial charge in [-0.05, 0) is 11.6 Å². The Hall–Kier alpha value is -2.35. The number of aromatic nitrogens is 2. The highest BCUT2D eigenvalue weighted by Gasteiger charge is 2.03. The third kappa shape index (κ3) is 1.97. The average molecular weight is 219 g/mol. The number of H-pyrrole nitrogens is 1. The molecule has 0 saturated heterocycles. The first kappa shape index (κ1) is 9.85. The Balaban J connectivity index is 1.99. The first-order chi connectivity index (χ1) is 8.43. The third-order valence-electron chi connectivity index (χ3n) is 2.65. The molecule has 1 heterocycles. The van der Waals surface area contributed by atoms with Gasteiger partial charge in [-0.1, -0.05) is 54.6 Å². The molecule has 0 unspecified atom stereocenters. The maximum absolute atomic E-state index is 4.39. The molecule has 0 fully saturated rings. The number of nitrogens with zero attached hydrogens (tertiary/aromatic N) is 1. The van der Waals surface area contributed by atoms with Crippen molar-refractivity contribution >= 4 is 0 Å². The second-order valence-corrected chi connectivity index (χ2v) is 3.80. The largest absolute Gasteiger partial charge is 0.338 e. The van der Waals surface area contributed by atoms with Crippen LogP contribution in [0.5, 0.6) is 0 Å². The van der Waals surface area contributed by atoms with Gasteiger partial charge < -0.3 is 4.98 Å². The molecule has 0 atom stereocenters. The molecule has 0 amide bonds. The fraction of sp³-hybridized carbons (Fsp3) is 0. The number of hydrogen-bond acceptors (Lipinski definition) is 1. The van der Waals surface area contributed by atoms with Crippen molar-refractivity contribution in [1.82, 2.24) is 9.97 Å². The van der Waals surface area contributed by atoms with Crippen LogP contribution in [0.4, 0.5) is 0 Å². The SMILES string of the molecule is [c]1ccc(-c2ncc(-c3ccccc3)[nH]2)cc1. The summed E-state index contributed by atoms with van der Waals surface area (Å²) in [5.41, 5.74) is 3.26. The van der Waals surface area contributed by atoms with E-state index in [0.29, 0.717) is 0 Å². The van der Waals surface area contributed by atoms with Crippen LogP contribution in [-0.2, 0) is 0 Å². The van der Waals surface area contributed by atoms with Gasteiger partial charge >= 0.3 is 0 Å². The Labute approximate surface area is 100.0 Å². The van der Waals surface area contributed by atoms with Gasteiger partial charge in [0.05, 0.1) is 11.9 Å². The predicted molar refractivity (Wildman–Crippen MR) is 68.3 cm³/mol. The molecule has 0 bridgehead atoms. The monoisotopic (exact) mass is 219 g/mol. The molecule has 2 aromatic carbocycles. The van der Waals surface area contributed by atoms with Crippen LogP contribution in [0, 0.1) is 6.07 Å². The van der Waals surface area contributed by atoms with Crippen molar-refractivity contribution in [2.45, 2.75) is 0 Å². The molecule has 0 aliphatic heterocycles. The summed E-state index contributed by atoms with van der Waals surface area (Å²) in [7, 11) is 0. The number of benzene rings is 2. The van der Waals surface area contributed by atoms with E-state index in [1.165, 1.54) is 0 Å². The summed E-state index contributed by atoms with van der Waals surface area (Å²) in [4.78, 5) is 7.71. The molecule has 0 spiro atoms. The first-order valence-electron chi connectivity index (χ1n) is 5.50. The van der Waals surface area contributed by atoms with Crippen molar-refractivity contribution in [3.05, 3.63) is 66.9 Å².